The van der Waals surface area contributed by atoms with Crippen molar-refractivity contribution in [1.82, 2.24) is 29.4 Å². The van der Waals surface area contributed by atoms with E-state index < -0.39 is 28.5 Å². The number of aliphatic hydroxyl groups excluding tert-OH is 2. The monoisotopic (exact) mass is 788 g/mol. The Labute approximate surface area is 292 Å². The number of thiophene rings is 1. The summed E-state index contributed by atoms with van der Waals surface area (Å²) < 4.78 is 27.1. The summed E-state index contributed by atoms with van der Waals surface area (Å²) in [6.45, 7) is 9.71. The molecule has 0 atom stereocenters. The standard InChI is InChI=1S/C26H31FN6O5S.C5H10O2.HI/c1-15(2)30-24(36)26(4,5)32-21(35)20-16(3)22(33-28-9-10-29-33)39-23(20)31(25(32)37)11-8-17-14-18(27)6-7-19(17)38-13-12-34;6-5-1-3-7-4-2-5;/h6-7,9-10,14-15,34H,8,11-13H2,1-5H3,(H,30,36);5-6H,1-4H2;1H. The molecular formula is C31H42FIN6O7S. The zero-order valence-electron chi connectivity index (χ0n) is 27.1. The average Bonchev–Trinajstić information content (AvgIpc) is 3.65. The molecule has 5 rings (SSSR count). The van der Waals surface area contributed by atoms with Gasteiger partial charge in [0.25, 0.3) is 5.56 Å². The van der Waals surface area contributed by atoms with Gasteiger partial charge in [0, 0.05) is 31.4 Å². The molecule has 1 aliphatic rings. The summed E-state index contributed by atoms with van der Waals surface area (Å²) in [6, 6.07) is 3.83. The fourth-order valence-electron chi connectivity index (χ4n) is 5.03. The van der Waals surface area contributed by atoms with Crippen LogP contribution in [0.3, 0.4) is 0 Å². The number of hydrogen-bond acceptors (Lipinski definition) is 10. The first kappa shape index (κ1) is 38.3. The van der Waals surface area contributed by atoms with E-state index >= 15 is 0 Å². The first-order chi connectivity index (χ1) is 21.9. The van der Waals surface area contributed by atoms with Crippen molar-refractivity contribution in [3.05, 3.63) is 68.4 Å². The molecule has 0 aliphatic carbocycles. The third-order valence-electron chi connectivity index (χ3n) is 7.49. The first-order valence-electron chi connectivity index (χ1n) is 15.1. The highest BCUT2D eigenvalue weighted by Gasteiger charge is 2.35. The maximum Gasteiger partial charge on any atom is 0.333 e. The number of amides is 1. The highest BCUT2D eigenvalue weighted by atomic mass is 127. The molecule has 0 saturated carbocycles. The van der Waals surface area contributed by atoms with E-state index in [1.54, 1.807) is 20.8 Å². The summed E-state index contributed by atoms with van der Waals surface area (Å²) in [5, 5.41) is 30.0. The maximum absolute atomic E-state index is 14.1. The molecule has 0 spiro atoms. The van der Waals surface area contributed by atoms with E-state index in [0.717, 1.165) is 30.6 Å². The molecular weight excluding hydrogens is 746 g/mol. The van der Waals surface area contributed by atoms with Crippen LogP contribution >= 0.6 is 35.3 Å². The highest BCUT2D eigenvalue weighted by Crippen LogP contribution is 2.31. The summed E-state index contributed by atoms with van der Waals surface area (Å²) in [7, 11) is 0. The maximum atomic E-state index is 14.1. The SMILES string of the molecule is Cc1c(-n2nccn2)sc2c1c(=O)n(C(C)(C)C(=O)NC(C)C)c(=O)n2CCc1cc(F)ccc1OCCO.I.OC1CCOCC1. The molecule has 13 nitrogen and oxygen atoms in total. The average molecular weight is 789 g/mol. The third kappa shape index (κ3) is 8.84. The normalized spacial score (nSPS) is 13.6. The highest BCUT2D eigenvalue weighted by molar-refractivity contribution is 14.0. The zero-order valence-corrected chi connectivity index (χ0v) is 30.2. The lowest BCUT2D eigenvalue weighted by Gasteiger charge is -2.27. The summed E-state index contributed by atoms with van der Waals surface area (Å²) in [5.41, 5.74) is -1.73. The molecule has 1 fully saturated rings. The Hall–Kier alpha value is -3.19. The van der Waals surface area contributed by atoms with Gasteiger partial charge in [-0.1, -0.05) is 11.3 Å². The molecule has 4 heterocycles. The van der Waals surface area contributed by atoms with Crippen molar-refractivity contribution in [1.29, 1.82) is 0 Å². The molecule has 1 saturated heterocycles. The van der Waals surface area contributed by atoms with Crippen LogP contribution in [0.2, 0.25) is 0 Å². The molecule has 3 aromatic heterocycles. The Morgan fingerprint density at radius 1 is 1.21 bits per heavy atom. The van der Waals surface area contributed by atoms with Crippen LogP contribution in [0, 0.1) is 12.7 Å². The van der Waals surface area contributed by atoms with Crippen LogP contribution < -0.4 is 21.3 Å². The molecule has 16 heteroatoms. The Kier molecular flexibility index (Phi) is 13.6. The van der Waals surface area contributed by atoms with Gasteiger partial charge in [-0.25, -0.2) is 13.8 Å². The van der Waals surface area contributed by atoms with E-state index in [9.17, 15) is 18.8 Å². The van der Waals surface area contributed by atoms with E-state index in [2.05, 4.69) is 15.5 Å². The van der Waals surface area contributed by atoms with Crippen LogP contribution in [0.15, 0.2) is 40.2 Å². The molecule has 1 amide bonds. The van der Waals surface area contributed by atoms with Gasteiger partial charge in [0.1, 0.15) is 33.5 Å². The Morgan fingerprint density at radius 3 is 2.45 bits per heavy atom. The van der Waals surface area contributed by atoms with Gasteiger partial charge in [0.15, 0.2) is 0 Å². The van der Waals surface area contributed by atoms with E-state index in [4.69, 9.17) is 19.7 Å². The minimum atomic E-state index is -1.51. The molecule has 4 aromatic rings. The second kappa shape index (κ2) is 16.8. The van der Waals surface area contributed by atoms with Crippen molar-refractivity contribution >= 4 is 51.4 Å². The fourth-order valence-corrected chi connectivity index (χ4v) is 6.27. The molecule has 47 heavy (non-hydrogen) atoms. The first-order valence-corrected chi connectivity index (χ1v) is 15.9. The van der Waals surface area contributed by atoms with Crippen LogP contribution in [0.1, 0.15) is 51.7 Å². The van der Waals surface area contributed by atoms with E-state index in [0.29, 0.717) is 26.7 Å². The summed E-state index contributed by atoms with van der Waals surface area (Å²) >= 11 is 1.18. The van der Waals surface area contributed by atoms with Crippen LogP contribution in [0.25, 0.3) is 15.2 Å². The number of aromatic nitrogens is 5. The van der Waals surface area contributed by atoms with Crippen molar-refractivity contribution in [2.75, 3.05) is 26.4 Å². The Balaban J connectivity index is 0.000000665. The number of nitrogens with one attached hydrogen (secondary N) is 1. The third-order valence-corrected chi connectivity index (χ3v) is 8.77. The number of aliphatic hydroxyl groups is 2. The summed E-state index contributed by atoms with van der Waals surface area (Å²) in [5.74, 6) is -0.577. The number of fused-ring (bicyclic) bond motifs is 1. The van der Waals surface area contributed by atoms with Gasteiger partial charge in [0.05, 0.1) is 30.5 Å². The Bertz CT molecular complexity index is 1760. The number of halogens is 2. The van der Waals surface area contributed by atoms with E-state index in [1.807, 2.05) is 0 Å². The number of hydrogen-bond donors (Lipinski definition) is 3. The van der Waals surface area contributed by atoms with Crippen molar-refractivity contribution in [3.8, 4) is 10.8 Å². The summed E-state index contributed by atoms with van der Waals surface area (Å²) in [6.07, 6.45) is 4.74. The predicted molar refractivity (Wildman–Crippen MR) is 187 cm³/mol. The molecule has 0 bridgehead atoms. The molecule has 1 aromatic carbocycles. The molecule has 3 N–H and O–H groups in total. The van der Waals surface area contributed by atoms with Crippen LogP contribution in [0.5, 0.6) is 5.75 Å². The van der Waals surface area contributed by atoms with Crippen LogP contribution in [0.4, 0.5) is 4.39 Å². The van der Waals surface area contributed by atoms with Crippen molar-refractivity contribution in [3.63, 3.8) is 0 Å². The lowest BCUT2D eigenvalue weighted by atomic mass is 10.0. The van der Waals surface area contributed by atoms with Crippen molar-refractivity contribution in [2.45, 2.75) is 78.1 Å². The number of carbonyl (C=O) groups excluding carboxylic acids is 1. The van der Waals surface area contributed by atoms with Crippen LogP contribution in [-0.2, 0) is 28.0 Å². The molecule has 0 unspecified atom stereocenters. The van der Waals surface area contributed by atoms with Crippen LogP contribution in [-0.4, -0.2) is 78.8 Å². The van der Waals surface area contributed by atoms with Gasteiger partial charge in [-0.15, -0.1) is 28.8 Å². The molecule has 0 radical (unpaired) electrons. The number of ether oxygens (including phenoxy) is 2. The number of rotatable bonds is 10. The lowest BCUT2D eigenvalue weighted by molar-refractivity contribution is -0.129. The minimum absolute atomic E-state index is 0. The Morgan fingerprint density at radius 2 is 1.87 bits per heavy atom. The van der Waals surface area contributed by atoms with Gasteiger partial charge in [-0.3, -0.25) is 14.2 Å². The largest absolute Gasteiger partial charge is 0.491 e. The van der Waals surface area contributed by atoms with Gasteiger partial charge in [-0.05, 0) is 77.6 Å². The van der Waals surface area contributed by atoms with Crippen molar-refractivity contribution < 1.29 is 28.9 Å². The van der Waals surface area contributed by atoms with Gasteiger partial charge in [-0.2, -0.15) is 10.2 Å². The number of nitrogens with zero attached hydrogens (tertiary/aromatic N) is 5. The predicted octanol–water partition coefficient (Wildman–Crippen LogP) is 2.90. The van der Waals surface area contributed by atoms with E-state index in [-0.39, 0.29) is 67.7 Å². The van der Waals surface area contributed by atoms with Gasteiger partial charge < -0.3 is 25.0 Å². The number of aryl methyl sites for hydroxylation is 3. The zero-order chi connectivity index (χ0) is 33.6. The molecule has 1 aliphatic heterocycles. The molecule has 258 valence electrons. The van der Waals surface area contributed by atoms with E-state index in [1.165, 1.54) is 65.1 Å². The van der Waals surface area contributed by atoms with Gasteiger partial charge in [0.2, 0.25) is 5.91 Å². The number of benzene rings is 1. The second-order valence-corrected chi connectivity index (χ2v) is 12.7. The topological polar surface area (TPSA) is 163 Å². The minimum Gasteiger partial charge on any atom is -0.491 e. The smallest absolute Gasteiger partial charge is 0.333 e. The van der Waals surface area contributed by atoms with Crippen molar-refractivity contribution in [2.24, 2.45) is 0 Å². The number of carbonyl (C=O) groups is 1. The van der Waals surface area contributed by atoms with Gasteiger partial charge >= 0.3 is 5.69 Å². The summed E-state index contributed by atoms with van der Waals surface area (Å²) in [4.78, 5) is 42.7. The quantitative estimate of drug-likeness (QED) is 0.205. The lowest BCUT2D eigenvalue weighted by Crippen LogP contribution is -2.56. The fraction of sp³-hybridized carbons (Fsp3) is 0.516. The second-order valence-electron chi connectivity index (χ2n) is 11.7.